The topological polar surface area (TPSA) is 64.4 Å². The van der Waals surface area contributed by atoms with Gasteiger partial charge in [0, 0.05) is 5.69 Å². The van der Waals surface area contributed by atoms with E-state index in [-0.39, 0.29) is 16.7 Å². The lowest BCUT2D eigenvalue weighted by Gasteiger charge is -2.03. The maximum absolute atomic E-state index is 12.9. The van der Waals surface area contributed by atoms with Gasteiger partial charge in [0.1, 0.15) is 5.82 Å². The van der Waals surface area contributed by atoms with Crippen molar-refractivity contribution >= 4 is 23.2 Å². The van der Waals surface area contributed by atoms with Crippen molar-refractivity contribution in [2.24, 2.45) is 0 Å². The third-order valence-corrected chi connectivity index (χ3v) is 2.39. The minimum Gasteiger partial charge on any atom is -0.479 e. The molecule has 0 aliphatic heterocycles. The number of halogens is 2. The minimum atomic E-state index is -0.559. The van der Waals surface area contributed by atoms with Crippen molar-refractivity contribution in [2.45, 2.75) is 0 Å². The Morgan fingerprint density at radius 3 is 2.89 bits per heavy atom. The number of ether oxygens (including phenoxy) is 1. The maximum atomic E-state index is 12.9. The largest absolute Gasteiger partial charge is 0.479 e. The van der Waals surface area contributed by atoms with Gasteiger partial charge in [-0.2, -0.15) is 0 Å². The number of carbonyl (C=O) groups excluding carboxylic acids is 1. The number of amides is 1. The van der Waals surface area contributed by atoms with Crippen LogP contribution in [-0.2, 0) is 0 Å². The summed E-state index contributed by atoms with van der Waals surface area (Å²) in [5, 5.41) is 5.89. The highest BCUT2D eigenvalue weighted by Gasteiger charge is 2.14. The molecule has 1 aromatic carbocycles. The molecule has 1 amide bonds. The van der Waals surface area contributed by atoms with Gasteiger partial charge in [-0.3, -0.25) is 4.79 Å². The van der Waals surface area contributed by atoms with Crippen LogP contribution in [0.4, 0.5) is 10.1 Å². The molecule has 94 valence electrons. The van der Waals surface area contributed by atoms with Crippen molar-refractivity contribution in [3.05, 3.63) is 40.9 Å². The van der Waals surface area contributed by atoms with Crippen LogP contribution in [0, 0.1) is 5.82 Å². The highest BCUT2D eigenvalue weighted by atomic mass is 35.5. The Labute approximate surface area is 106 Å². The lowest BCUT2D eigenvalue weighted by Crippen LogP contribution is -2.10. The lowest BCUT2D eigenvalue weighted by molar-refractivity contribution is 0.0987. The number of anilines is 1. The van der Waals surface area contributed by atoms with Gasteiger partial charge in [0.15, 0.2) is 0 Å². The zero-order valence-electron chi connectivity index (χ0n) is 9.24. The maximum Gasteiger partial charge on any atom is 0.294 e. The van der Waals surface area contributed by atoms with Crippen LogP contribution in [0.15, 0.2) is 28.8 Å². The Morgan fingerprint density at radius 1 is 1.50 bits per heavy atom. The molecular formula is C11H8ClFN2O3. The molecule has 2 rings (SSSR count). The Bertz CT molecular complexity index is 585. The van der Waals surface area contributed by atoms with Crippen LogP contribution >= 0.6 is 11.6 Å². The summed E-state index contributed by atoms with van der Waals surface area (Å²) in [6, 6.07) is 5.16. The fourth-order valence-electron chi connectivity index (χ4n) is 1.23. The predicted molar refractivity (Wildman–Crippen MR) is 62.4 cm³/mol. The standard InChI is InChI=1S/C11H8ClFN2O3/c1-17-10-5-9(18-15-10)11(16)14-6-2-3-8(13)7(12)4-6/h2-5H,1H3,(H,14,16). The molecule has 0 saturated heterocycles. The van der Waals surface area contributed by atoms with Gasteiger partial charge < -0.3 is 14.6 Å². The lowest BCUT2D eigenvalue weighted by atomic mass is 10.3. The summed E-state index contributed by atoms with van der Waals surface area (Å²) in [7, 11) is 1.40. The first-order chi connectivity index (χ1) is 8.60. The first-order valence-electron chi connectivity index (χ1n) is 4.87. The summed E-state index contributed by atoms with van der Waals surface area (Å²) in [5.41, 5.74) is 0.349. The second kappa shape index (κ2) is 5.05. The number of nitrogens with one attached hydrogen (secondary N) is 1. The van der Waals surface area contributed by atoms with E-state index >= 15 is 0 Å². The molecule has 0 fully saturated rings. The number of methoxy groups -OCH3 is 1. The van der Waals surface area contributed by atoms with E-state index in [9.17, 15) is 9.18 Å². The SMILES string of the molecule is COc1cc(C(=O)Nc2ccc(F)c(Cl)c2)on1. The Morgan fingerprint density at radius 2 is 2.28 bits per heavy atom. The van der Waals surface area contributed by atoms with Gasteiger partial charge in [-0.05, 0) is 23.4 Å². The first kappa shape index (κ1) is 12.4. The van der Waals surface area contributed by atoms with Crippen LogP contribution in [0.25, 0.3) is 0 Å². The molecule has 0 bridgehead atoms. The van der Waals surface area contributed by atoms with Crippen molar-refractivity contribution in [2.75, 3.05) is 12.4 Å². The number of nitrogens with zero attached hydrogens (tertiary/aromatic N) is 1. The van der Waals surface area contributed by atoms with E-state index in [4.69, 9.17) is 20.9 Å². The van der Waals surface area contributed by atoms with Crippen molar-refractivity contribution < 1.29 is 18.4 Å². The van der Waals surface area contributed by atoms with E-state index < -0.39 is 11.7 Å². The Hall–Kier alpha value is -2.08. The Kier molecular flexibility index (Phi) is 3.47. The van der Waals surface area contributed by atoms with E-state index in [1.165, 1.54) is 25.3 Å². The van der Waals surface area contributed by atoms with Gasteiger partial charge in [0.25, 0.3) is 11.8 Å². The molecule has 1 N–H and O–H groups in total. The number of benzene rings is 1. The molecule has 5 nitrogen and oxygen atoms in total. The quantitative estimate of drug-likeness (QED) is 0.931. The summed E-state index contributed by atoms with van der Waals surface area (Å²) in [4.78, 5) is 11.7. The molecule has 2 aromatic rings. The zero-order chi connectivity index (χ0) is 13.1. The molecular weight excluding hydrogens is 263 g/mol. The summed E-state index contributed by atoms with van der Waals surface area (Å²) in [6.07, 6.45) is 0. The van der Waals surface area contributed by atoms with Crippen LogP contribution in [0.2, 0.25) is 5.02 Å². The van der Waals surface area contributed by atoms with Crippen molar-refractivity contribution in [3.63, 3.8) is 0 Å². The van der Waals surface area contributed by atoms with Crippen molar-refractivity contribution in [1.82, 2.24) is 5.16 Å². The normalized spacial score (nSPS) is 10.2. The summed E-state index contributed by atoms with van der Waals surface area (Å²) >= 11 is 5.59. The molecule has 0 unspecified atom stereocenters. The third-order valence-electron chi connectivity index (χ3n) is 2.10. The van der Waals surface area contributed by atoms with E-state index in [1.807, 2.05) is 0 Å². The predicted octanol–water partition coefficient (Wildman–Crippen LogP) is 2.73. The van der Waals surface area contributed by atoms with Crippen LogP contribution in [-0.4, -0.2) is 18.2 Å². The van der Waals surface area contributed by atoms with Crippen LogP contribution < -0.4 is 10.1 Å². The average molecular weight is 271 g/mol. The minimum absolute atomic E-state index is 0.0210. The Balaban J connectivity index is 2.13. The average Bonchev–Trinajstić information content (AvgIpc) is 2.82. The molecule has 0 atom stereocenters. The molecule has 1 heterocycles. The highest BCUT2D eigenvalue weighted by molar-refractivity contribution is 6.31. The molecule has 1 aromatic heterocycles. The van der Waals surface area contributed by atoms with Crippen molar-refractivity contribution in [1.29, 1.82) is 0 Å². The van der Waals surface area contributed by atoms with Crippen LogP contribution in [0.5, 0.6) is 5.88 Å². The number of aromatic nitrogens is 1. The first-order valence-corrected chi connectivity index (χ1v) is 5.25. The van der Waals surface area contributed by atoms with Crippen molar-refractivity contribution in [3.8, 4) is 5.88 Å². The molecule has 0 spiro atoms. The highest BCUT2D eigenvalue weighted by Crippen LogP contribution is 2.20. The number of hydrogen-bond donors (Lipinski definition) is 1. The molecule has 0 radical (unpaired) electrons. The van der Waals surface area contributed by atoms with Crippen LogP contribution in [0.3, 0.4) is 0 Å². The van der Waals surface area contributed by atoms with E-state index in [0.29, 0.717) is 5.69 Å². The molecule has 0 aliphatic rings. The van der Waals surface area contributed by atoms with E-state index in [0.717, 1.165) is 6.07 Å². The second-order valence-electron chi connectivity index (χ2n) is 3.32. The molecule has 7 heteroatoms. The summed E-state index contributed by atoms with van der Waals surface area (Å²) in [5.74, 6) is -0.922. The van der Waals surface area contributed by atoms with Crippen LogP contribution in [0.1, 0.15) is 10.6 Å². The number of rotatable bonds is 3. The van der Waals surface area contributed by atoms with E-state index in [2.05, 4.69) is 10.5 Å². The van der Waals surface area contributed by atoms with E-state index in [1.54, 1.807) is 0 Å². The van der Waals surface area contributed by atoms with Gasteiger partial charge in [-0.15, -0.1) is 0 Å². The smallest absolute Gasteiger partial charge is 0.294 e. The molecule has 0 saturated carbocycles. The van der Waals surface area contributed by atoms with Gasteiger partial charge in [0.05, 0.1) is 18.2 Å². The van der Waals surface area contributed by atoms with Gasteiger partial charge in [0.2, 0.25) is 5.76 Å². The zero-order valence-corrected chi connectivity index (χ0v) is 9.99. The van der Waals surface area contributed by atoms with Gasteiger partial charge in [-0.1, -0.05) is 11.6 Å². The fourth-order valence-corrected chi connectivity index (χ4v) is 1.41. The third kappa shape index (κ3) is 2.60. The second-order valence-corrected chi connectivity index (χ2v) is 3.72. The van der Waals surface area contributed by atoms with Gasteiger partial charge >= 0.3 is 0 Å². The summed E-state index contributed by atoms with van der Waals surface area (Å²) in [6.45, 7) is 0. The summed E-state index contributed by atoms with van der Waals surface area (Å²) < 4.78 is 22.4. The number of hydrogen-bond acceptors (Lipinski definition) is 4. The number of carbonyl (C=O) groups is 1. The monoisotopic (exact) mass is 270 g/mol. The van der Waals surface area contributed by atoms with Gasteiger partial charge in [-0.25, -0.2) is 4.39 Å². The fraction of sp³-hybridized carbons (Fsp3) is 0.0909. The molecule has 18 heavy (non-hydrogen) atoms. The molecule has 0 aliphatic carbocycles.